The third-order valence-electron chi connectivity index (χ3n) is 5.89. The summed E-state index contributed by atoms with van der Waals surface area (Å²) in [6, 6.07) is 10.7. The van der Waals surface area contributed by atoms with Crippen LogP contribution < -0.4 is 0 Å². The number of benzene rings is 1. The molecular formula is C22H27N3O. The van der Waals surface area contributed by atoms with Crippen LogP contribution in [0.1, 0.15) is 62.2 Å². The van der Waals surface area contributed by atoms with Gasteiger partial charge >= 0.3 is 0 Å². The van der Waals surface area contributed by atoms with Gasteiger partial charge in [-0.1, -0.05) is 43.7 Å². The van der Waals surface area contributed by atoms with E-state index in [4.69, 9.17) is 0 Å². The molecule has 0 N–H and O–H groups in total. The summed E-state index contributed by atoms with van der Waals surface area (Å²) in [5, 5.41) is 0. The van der Waals surface area contributed by atoms with Crippen LogP contribution in [0.4, 0.5) is 0 Å². The molecular weight excluding hydrogens is 322 g/mol. The van der Waals surface area contributed by atoms with E-state index in [1.165, 1.54) is 19.3 Å². The van der Waals surface area contributed by atoms with E-state index in [-0.39, 0.29) is 5.91 Å². The molecule has 0 radical (unpaired) electrons. The molecule has 0 spiro atoms. The Bertz CT molecular complexity index is 732. The van der Waals surface area contributed by atoms with Crippen molar-refractivity contribution in [3.63, 3.8) is 0 Å². The van der Waals surface area contributed by atoms with Crippen molar-refractivity contribution in [3.05, 3.63) is 48.3 Å². The maximum absolute atomic E-state index is 13.2. The van der Waals surface area contributed by atoms with Crippen molar-refractivity contribution in [2.75, 3.05) is 0 Å². The molecule has 2 saturated carbocycles. The molecule has 1 aromatic heterocycles. The van der Waals surface area contributed by atoms with Gasteiger partial charge in [-0.3, -0.25) is 4.79 Å². The molecule has 1 aromatic carbocycles. The summed E-state index contributed by atoms with van der Waals surface area (Å²) in [5.41, 5.74) is 1.60. The molecule has 0 atom stereocenters. The number of carbonyl (C=O) groups excluding carboxylic acids is 1. The Hall–Kier alpha value is -2.23. The lowest BCUT2D eigenvalue weighted by molar-refractivity contribution is 0.0586. The maximum Gasteiger partial charge on any atom is 0.257 e. The molecule has 2 aliphatic carbocycles. The van der Waals surface area contributed by atoms with Crippen molar-refractivity contribution >= 4 is 5.91 Å². The largest absolute Gasteiger partial charge is 0.333 e. The van der Waals surface area contributed by atoms with E-state index in [9.17, 15) is 4.79 Å². The van der Waals surface area contributed by atoms with E-state index < -0.39 is 0 Å². The monoisotopic (exact) mass is 349 g/mol. The molecule has 4 rings (SSSR count). The number of rotatable bonds is 5. The van der Waals surface area contributed by atoms with E-state index in [0.717, 1.165) is 37.2 Å². The Kier molecular flexibility index (Phi) is 5.00. The highest BCUT2D eigenvalue weighted by molar-refractivity contribution is 5.94. The molecule has 0 unspecified atom stereocenters. The Labute approximate surface area is 155 Å². The zero-order valence-electron chi connectivity index (χ0n) is 15.5. The van der Waals surface area contributed by atoms with Crippen LogP contribution in [0, 0.1) is 5.92 Å². The minimum absolute atomic E-state index is 0.118. The number of amides is 1. The van der Waals surface area contributed by atoms with Crippen molar-refractivity contribution in [1.82, 2.24) is 14.9 Å². The van der Waals surface area contributed by atoms with Gasteiger partial charge in [-0.2, -0.15) is 0 Å². The molecule has 2 aliphatic rings. The van der Waals surface area contributed by atoms with Gasteiger partial charge in [0, 0.05) is 30.0 Å². The average molecular weight is 349 g/mol. The highest BCUT2D eigenvalue weighted by Crippen LogP contribution is 2.37. The van der Waals surface area contributed by atoms with Crippen LogP contribution >= 0.6 is 0 Å². The van der Waals surface area contributed by atoms with Crippen LogP contribution in [0.5, 0.6) is 0 Å². The molecule has 2 fully saturated rings. The average Bonchev–Trinajstić information content (AvgIpc) is 3.54. The number of hydrogen-bond donors (Lipinski definition) is 0. The minimum Gasteiger partial charge on any atom is -0.333 e. The molecule has 26 heavy (non-hydrogen) atoms. The van der Waals surface area contributed by atoms with Crippen LogP contribution in [-0.4, -0.2) is 32.9 Å². The summed E-state index contributed by atoms with van der Waals surface area (Å²) in [5.74, 6) is 1.63. The Morgan fingerprint density at radius 3 is 2.08 bits per heavy atom. The van der Waals surface area contributed by atoms with E-state index in [1.807, 2.05) is 30.3 Å². The van der Waals surface area contributed by atoms with Crippen molar-refractivity contribution < 1.29 is 4.79 Å². The first-order valence-electron chi connectivity index (χ1n) is 9.96. The summed E-state index contributed by atoms with van der Waals surface area (Å²) < 4.78 is 0. The van der Waals surface area contributed by atoms with Gasteiger partial charge < -0.3 is 4.90 Å². The fraction of sp³-hybridized carbons (Fsp3) is 0.500. The molecule has 1 heterocycles. The second-order valence-electron chi connectivity index (χ2n) is 7.69. The second-order valence-corrected chi connectivity index (χ2v) is 7.69. The molecule has 0 bridgehead atoms. The SMILES string of the molecule is CCC1CCC(N(C(=O)c2cnc(-c3ccccc3)nc2)C2CC2)CC1. The van der Waals surface area contributed by atoms with Gasteiger partial charge in [-0.15, -0.1) is 0 Å². The van der Waals surface area contributed by atoms with Crippen LogP contribution in [0.25, 0.3) is 11.4 Å². The summed E-state index contributed by atoms with van der Waals surface area (Å²) in [4.78, 5) is 24.2. The molecule has 4 heteroatoms. The predicted octanol–water partition coefficient (Wildman–Crippen LogP) is 4.72. The van der Waals surface area contributed by atoms with E-state index in [2.05, 4.69) is 21.8 Å². The zero-order valence-corrected chi connectivity index (χ0v) is 15.5. The summed E-state index contributed by atoms with van der Waals surface area (Å²) >= 11 is 0. The van der Waals surface area contributed by atoms with Crippen molar-refractivity contribution in [1.29, 1.82) is 0 Å². The van der Waals surface area contributed by atoms with Crippen molar-refractivity contribution in [2.45, 2.75) is 64.0 Å². The predicted molar refractivity (Wildman–Crippen MR) is 103 cm³/mol. The first kappa shape index (κ1) is 17.2. The van der Waals surface area contributed by atoms with Gasteiger partial charge in [0.05, 0.1) is 5.56 Å². The van der Waals surface area contributed by atoms with Crippen molar-refractivity contribution in [2.24, 2.45) is 5.92 Å². The fourth-order valence-corrected chi connectivity index (χ4v) is 4.14. The molecule has 136 valence electrons. The van der Waals surface area contributed by atoms with Gasteiger partial charge in [0.15, 0.2) is 5.82 Å². The lowest BCUT2D eigenvalue weighted by atomic mass is 9.83. The lowest BCUT2D eigenvalue weighted by Crippen LogP contribution is -2.44. The third-order valence-corrected chi connectivity index (χ3v) is 5.89. The van der Waals surface area contributed by atoms with Gasteiger partial charge in [0.25, 0.3) is 5.91 Å². The fourth-order valence-electron chi connectivity index (χ4n) is 4.14. The smallest absolute Gasteiger partial charge is 0.257 e. The Morgan fingerprint density at radius 1 is 0.962 bits per heavy atom. The first-order chi connectivity index (χ1) is 12.8. The summed E-state index contributed by atoms with van der Waals surface area (Å²) in [7, 11) is 0. The zero-order chi connectivity index (χ0) is 17.9. The number of hydrogen-bond acceptors (Lipinski definition) is 3. The topological polar surface area (TPSA) is 46.1 Å². The minimum atomic E-state index is 0.118. The standard InChI is InChI=1S/C22H27N3O/c1-2-16-8-10-19(11-9-16)25(20-12-13-20)22(26)18-14-23-21(24-15-18)17-6-4-3-5-7-17/h3-7,14-16,19-20H,2,8-13H2,1H3. The number of nitrogens with zero attached hydrogens (tertiary/aromatic N) is 3. The van der Waals surface area contributed by atoms with Crippen LogP contribution in [0.3, 0.4) is 0 Å². The number of carbonyl (C=O) groups is 1. The van der Waals surface area contributed by atoms with Crippen LogP contribution in [0.15, 0.2) is 42.7 Å². The molecule has 0 saturated heterocycles. The highest BCUT2D eigenvalue weighted by Gasteiger charge is 2.39. The van der Waals surface area contributed by atoms with Gasteiger partial charge in [0.1, 0.15) is 0 Å². The van der Waals surface area contributed by atoms with Crippen LogP contribution in [0.2, 0.25) is 0 Å². The van der Waals surface area contributed by atoms with Crippen LogP contribution in [-0.2, 0) is 0 Å². The maximum atomic E-state index is 13.2. The number of aromatic nitrogens is 2. The molecule has 2 aromatic rings. The van der Waals surface area contributed by atoms with Gasteiger partial charge in [-0.25, -0.2) is 9.97 Å². The normalized spacial score (nSPS) is 22.8. The third kappa shape index (κ3) is 3.64. The Morgan fingerprint density at radius 2 is 1.54 bits per heavy atom. The van der Waals surface area contributed by atoms with Crippen molar-refractivity contribution in [3.8, 4) is 11.4 Å². The molecule has 4 nitrogen and oxygen atoms in total. The second kappa shape index (κ2) is 7.56. The van der Waals surface area contributed by atoms with E-state index >= 15 is 0 Å². The molecule has 0 aliphatic heterocycles. The van der Waals surface area contributed by atoms with Gasteiger partial charge in [-0.05, 0) is 44.4 Å². The van der Waals surface area contributed by atoms with Gasteiger partial charge in [0.2, 0.25) is 0 Å². The quantitative estimate of drug-likeness (QED) is 0.785. The Balaban J connectivity index is 1.50. The van der Waals surface area contributed by atoms with E-state index in [0.29, 0.717) is 23.5 Å². The lowest BCUT2D eigenvalue weighted by Gasteiger charge is -2.37. The first-order valence-corrected chi connectivity index (χ1v) is 9.96. The molecule has 1 amide bonds. The van der Waals surface area contributed by atoms with E-state index in [1.54, 1.807) is 12.4 Å². The highest BCUT2D eigenvalue weighted by atomic mass is 16.2. The summed E-state index contributed by atoms with van der Waals surface area (Å²) in [6.45, 7) is 2.28. The summed E-state index contributed by atoms with van der Waals surface area (Å²) in [6.07, 6.45) is 11.7.